The Labute approximate surface area is 130 Å². The molecule has 1 aromatic carbocycles. The fourth-order valence-corrected chi connectivity index (χ4v) is 3.95. The molecule has 0 aliphatic heterocycles. The summed E-state index contributed by atoms with van der Waals surface area (Å²) >= 11 is 0. The Morgan fingerprint density at radius 1 is 1.33 bits per heavy atom. The highest BCUT2D eigenvalue weighted by atomic mass is 16.5. The van der Waals surface area contributed by atoms with Crippen molar-refractivity contribution in [3.8, 4) is 5.75 Å². The largest absolute Gasteiger partial charge is 0.490 e. The van der Waals surface area contributed by atoms with E-state index in [0.29, 0.717) is 17.6 Å². The van der Waals surface area contributed by atoms with Gasteiger partial charge in [-0.2, -0.15) is 0 Å². The van der Waals surface area contributed by atoms with Crippen LogP contribution in [0.25, 0.3) is 0 Å². The highest BCUT2D eigenvalue weighted by molar-refractivity contribution is 5.30. The van der Waals surface area contributed by atoms with Crippen LogP contribution in [-0.2, 0) is 0 Å². The lowest BCUT2D eigenvalue weighted by molar-refractivity contribution is 0.0562. The molecule has 3 unspecified atom stereocenters. The normalized spacial score (nSPS) is 26.3. The molecule has 1 saturated carbocycles. The molecule has 0 saturated heterocycles. The van der Waals surface area contributed by atoms with E-state index in [2.05, 4.69) is 57.3 Å². The van der Waals surface area contributed by atoms with E-state index in [-0.39, 0.29) is 0 Å². The van der Waals surface area contributed by atoms with Crippen LogP contribution in [0.5, 0.6) is 5.75 Å². The lowest BCUT2D eigenvalue weighted by Crippen LogP contribution is -2.34. The third-order valence-corrected chi connectivity index (χ3v) is 4.67. The predicted octanol–water partition coefficient (Wildman–Crippen LogP) is 4.95. The van der Waals surface area contributed by atoms with Gasteiger partial charge in [0.25, 0.3) is 0 Å². The van der Waals surface area contributed by atoms with Crippen molar-refractivity contribution in [1.82, 2.24) is 5.32 Å². The van der Waals surface area contributed by atoms with Crippen LogP contribution in [-0.4, -0.2) is 13.2 Å². The van der Waals surface area contributed by atoms with Gasteiger partial charge in [-0.05, 0) is 61.8 Å². The van der Waals surface area contributed by atoms with Crippen LogP contribution < -0.4 is 10.1 Å². The minimum Gasteiger partial charge on any atom is -0.490 e. The summed E-state index contributed by atoms with van der Waals surface area (Å²) in [7, 11) is 2.02. The maximum Gasteiger partial charge on any atom is 0.120 e. The van der Waals surface area contributed by atoms with Gasteiger partial charge in [-0.1, -0.05) is 39.8 Å². The van der Waals surface area contributed by atoms with Crippen molar-refractivity contribution < 1.29 is 4.74 Å². The SMILES string of the molecule is CCC(NC)c1cccc(OC2CC(C)CC(C)(C)C2)c1. The average molecular weight is 289 g/mol. The first-order chi connectivity index (χ1) is 9.93. The minimum absolute atomic E-state index is 0.355. The van der Waals surface area contributed by atoms with Gasteiger partial charge < -0.3 is 10.1 Å². The van der Waals surface area contributed by atoms with Crippen molar-refractivity contribution in [3.63, 3.8) is 0 Å². The first-order valence-electron chi connectivity index (χ1n) is 8.37. The Morgan fingerprint density at radius 3 is 2.71 bits per heavy atom. The first-order valence-corrected chi connectivity index (χ1v) is 8.37. The topological polar surface area (TPSA) is 21.3 Å². The number of ether oxygens (including phenoxy) is 1. The summed E-state index contributed by atoms with van der Waals surface area (Å²) < 4.78 is 6.31. The molecule has 0 aromatic heterocycles. The molecule has 118 valence electrons. The van der Waals surface area contributed by atoms with Crippen LogP contribution in [0.3, 0.4) is 0 Å². The van der Waals surface area contributed by atoms with E-state index in [1.165, 1.54) is 18.4 Å². The second-order valence-electron chi connectivity index (χ2n) is 7.48. The molecule has 1 N–H and O–H groups in total. The Morgan fingerprint density at radius 2 is 2.10 bits per heavy atom. The molecule has 21 heavy (non-hydrogen) atoms. The first kappa shape index (κ1) is 16.4. The summed E-state index contributed by atoms with van der Waals surface area (Å²) in [5.74, 6) is 1.78. The molecule has 2 nitrogen and oxygen atoms in total. The van der Waals surface area contributed by atoms with Crippen LogP contribution in [0.4, 0.5) is 0 Å². The van der Waals surface area contributed by atoms with Gasteiger partial charge in [0.2, 0.25) is 0 Å². The van der Waals surface area contributed by atoms with Gasteiger partial charge in [0.15, 0.2) is 0 Å². The zero-order chi connectivity index (χ0) is 15.5. The van der Waals surface area contributed by atoms with E-state index in [1.807, 2.05) is 7.05 Å². The number of nitrogens with one attached hydrogen (secondary N) is 1. The smallest absolute Gasteiger partial charge is 0.120 e. The summed E-state index contributed by atoms with van der Waals surface area (Å²) in [6, 6.07) is 9.01. The molecule has 0 spiro atoms. The van der Waals surface area contributed by atoms with Gasteiger partial charge in [0, 0.05) is 6.04 Å². The van der Waals surface area contributed by atoms with Gasteiger partial charge in [-0.25, -0.2) is 0 Å². The van der Waals surface area contributed by atoms with Crippen molar-refractivity contribution in [1.29, 1.82) is 0 Å². The van der Waals surface area contributed by atoms with Gasteiger partial charge >= 0.3 is 0 Å². The second-order valence-corrected chi connectivity index (χ2v) is 7.48. The Balaban J connectivity index is 2.07. The van der Waals surface area contributed by atoms with E-state index in [4.69, 9.17) is 4.74 Å². The minimum atomic E-state index is 0.355. The number of hydrogen-bond donors (Lipinski definition) is 1. The van der Waals surface area contributed by atoms with Crippen molar-refractivity contribution in [2.24, 2.45) is 11.3 Å². The van der Waals surface area contributed by atoms with E-state index >= 15 is 0 Å². The number of rotatable bonds is 5. The molecule has 0 bridgehead atoms. The van der Waals surface area contributed by atoms with Gasteiger partial charge in [-0.3, -0.25) is 0 Å². The molecule has 3 atom stereocenters. The molecule has 0 radical (unpaired) electrons. The molecule has 1 aliphatic rings. The molecule has 1 aliphatic carbocycles. The monoisotopic (exact) mass is 289 g/mol. The van der Waals surface area contributed by atoms with E-state index < -0.39 is 0 Å². The van der Waals surface area contributed by atoms with Crippen LogP contribution in [0.2, 0.25) is 0 Å². The molecule has 1 fully saturated rings. The van der Waals surface area contributed by atoms with Crippen molar-refractivity contribution in [3.05, 3.63) is 29.8 Å². The van der Waals surface area contributed by atoms with Crippen LogP contribution in [0.1, 0.15) is 65.0 Å². The fraction of sp³-hybridized carbons (Fsp3) is 0.684. The van der Waals surface area contributed by atoms with Crippen LogP contribution in [0, 0.1) is 11.3 Å². The molecule has 2 heteroatoms. The summed E-state index contributed by atoms with van der Waals surface area (Å²) in [4.78, 5) is 0. The lowest BCUT2D eigenvalue weighted by Gasteiger charge is -2.38. The molecular formula is C19H31NO. The third-order valence-electron chi connectivity index (χ3n) is 4.67. The number of hydrogen-bond acceptors (Lipinski definition) is 2. The Hall–Kier alpha value is -1.02. The molecule has 1 aromatic rings. The van der Waals surface area contributed by atoms with Crippen LogP contribution >= 0.6 is 0 Å². The van der Waals surface area contributed by atoms with Gasteiger partial charge in [-0.15, -0.1) is 0 Å². The maximum absolute atomic E-state index is 6.31. The fourth-order valence-electron chi connectivity index (χ4n) is 3.95. The summed E-state index contributed by atoms with van der Waals surface area (Å²) in [6.07, 6.45) is 5.09. The highest BCUT2D eigenvalue weighted by Gasteiger charge is 2.33. The molecule has 0 amide bonds. The van der Waals surface area contributed by atoms with Crippen molar-refractivity contribution in [2.45, 2.75) is 65.5 Å². The summed E-state index contributed by atoms with van der Waals surface area (Å²) in [5.41, 5.74) is 1.72. The van der Waals surface area contributed by atoms with Gasteiger partial charge in [0.05, 0.1) is 6.10 Å². The summed E-state index contributed by atoms with van der Waals surface area (Å²) in [5, 5.41) is 3.36. The summed E-state index contributed by atoms with van der Waals surface area (Å²) in [6.45, 7) is 9.29. The number of benzene rings is 1. The third kappa shape index (κ3) is 4.47. The zero-order valence-corrected chi connectivity index (χ0v) is 14.3. The predicted molar refractivity (Wildman–Crippen MR) is 89.7 cm³/mol. The van der Waals surface area contributed by atoms with E-state index in [0.717, 1.165) is 24.5 Å². The maximum atomic E-state index is 6.31. The molecule has 0 heterocycles. The lowest BCUT2D eigenvalue weighted by atomic mass is 9.71. The highest BCUT2D eigenvalue weighted by Crippen LogP contribution is 2.40. The standard InChI is InChI=1S/C19H31NO/c1-6-18(20-5)15-8-7-9-16(11-15)21-17-10-14(2)12-19(3,4)13-17/h7-9,11,14,17-18,20H,6,10,12-13H2,1-5H3. The quantitative estimate of drug-likeness (QED) is 0.828. The van der Waals surface area contributed by atoms with Gasteiger partial charge in [0.1, 0.15) is 5.75 Å². The zero-order valence-electron chi connectivity index (χ0n) is 14.3. The average Bonchev–Trinajstić information content (AvgIpc) is 2.38. The van der Waals surface area contributed by atoms with Crippen molar-refractivity contribution >= 4 is 0 Å². The van der Waals surface area contributed by atoms with Crippen molar-refractivity contribution in [2.75, 3.05) is 7.05 Å². The molecule has 2 rings (SSSR count). The van der Waals surface area contributed by atoms with E-state index in [9.17, 15) is 0 Å². The Kier molecular flexibility index (Phi) is 5.32. The molecular weight excluding hydrogens is 258 g/mol. The second kappa shape index (κ2) is 6.83. The van der Waals surface area contributed by atoms with Crippen LogP contribution in [0.15, 0.2) is 24.3 Å². The van der Waals surface area contributed by atoms with E-state index in [1.54, 1.807) is 0 Å². The Bertz CT molecular complexity index is 451.